The van der Waals surface area contributed by atoms with Crippen molar-refractivity contribution in [3.63, 3.8) is 0 Å². The van der Waals surface area contributed by atoms with Crippen molar-refractivity contribution in [1.29, 1.82) is 0 Å². The molecule has 1 saturated heterocycles. The van der Waals surface area contributed by atoms with Crippen LogP contribution in [-0.4, -0.2) is 36.7 Å². The zero-order valence-electron chi connectivity index (χ0n) is 18.3. The third-order valence-electron chi connectivity index (χ3n) is 5.26. The molecular formula is C21H20Cl2F2N4O4S2. The van der Waals surface area contributed by atoms with Crippen LogP contribution in [0.15, 0.2) is 41.6 Å². The molecule has 4 rings (SSSR count). The monoisotopic (exact) mass is 564 g/mol. The number of anilines is 1. The number of nitrogens with zero attached hydrogens (tertiary/aromatic N) is 2. The van der Waals surface area contributed by atoms with Gasteiger partial charge in [-0.25, -0.2) is 22.2 Å². The Kier molecular flexibility index (Phi) is 7.79. The van der Waals surface area contributed by atoms with Gasteiger partial charge >= 0.3 is 0 Å². The zero-order valence-corrected chi connectivity index (χ0v) is 21.5. The maximum absolute atomic E-state index is 14.9. The van der Waals surface area contributed by atoms with Crippen LogP contribution in [0.3, 0.4) is 0 Å². The molecule has 35 heavy (non-hydrogen) atoms. The van der Waals surface area contributed by atoms with Gasteiger partial charge in [0, 0.05) is 39.8 Å². The van der Waals surface area contributed by atoms with Gasteiger partial charge in [-0.05, 0) is 29.7 Å². The minimum atomic E-state index is -4.45. The van der Waals surface area contributed by atoms with E-state index in [-0.39, 0.29) is 23.7 Å². The van der Waals surface area contributed by atoms with E-state index in [0.29, 0.717) is 27.7 Å². The summed E-state index contributed by atoms with van der Waals surface area (Å²) in [5.41, 5.74) is 0.624. The van der Waals surface area contributed by atoms with E-state index in [0.717, 1.165) is 17.9 Å². The lowest BCUT2D eigenvalue weighted by molar-refractivity contribution is -0.143. The predicted molar refractivity (Wildman–Crippen MR) is 128 cm³/mol. The van der Waals surface area contributed by atoms with E-state index in [1.807, 2.05) is 18.6 Å². The molecule has 2 N–H and O–H groups in total. The summed E-state index contributed by atoms with van der Waals surface area (Å²) in [6, 6.07) is 5.40. The summed E-state index contributed by atoms with van der Waals surface area (Å²) in [5.74, 6) is -2.64. The van der Waals surface area contributed by atoms with E-state index in [1.165, 1.54) is 0 Å². The number of halogens is 4. The van der Waals surface area contributed by atoms with E-state index in [4.69, 9.17) is 32.7 Å². The first-order chi connectivity index (χ1) is 16.5. The maximum atomic E-state index is 14.9. The van der Waals surface area contributed by atoms with E-state index in [9.17, 15) is 17.2 Å². The fourth-order valence-corrected chi connectivity index (χ4v) is 5.74. The lowest BCUT2D eigenvalue weighted by Crippen LogP contribution is -2.52. The van der Waals surface area contributed by atoms with Gasteiger partial charge in [0.25, 0.3) is 10.0 Å². The van der Waals surface area contributed by atoms with Gasteiger partial charge in [0.05, 0.1) is 12.6 Å². The summed E-state index contributed by atoms with van der Waals surface area (Å²) >= 11 is 13.1. The third kappa shape index (κ3) is 6.01. The Morgan fingerprint density at radius 3 is 2.51 bits per heavy atom. The minimum Gasteiger partial charge on any atom is -0.460 e. The number of rotatable bonds is 7. The lowest BCUT2D eigenvalue weighted by Gasteiger charge is -2.39. The van der Waals surface area contributed by atoms with Crippen LogP contribution in [0.25, 0.3) is 0 Å². The average molecular weight is 565 g/mol. The van der Waals surface area contributed by atoms with Crippen LogP contribution in [0, 0.1) is 17.6 Å². The number of sulfonamides is 1. The molecule has 2 heterocycles. The van der Waals surface area contributed by atoms with Crippen LogP contribution < -0.4 is 14.8 Å². The van der Waals surface area contributed by atoms with Crippen molar-refractivity contribution in [3.8, 4) is 5.75 Å². The second-order valence-corrected chi connectivity index (χ2v) is 11.4. The minimum absolute atomic E-state index is 0.0573. The predicted octanol–water partition coefficient (Wildman–Crippen LogP) is 5.01. The largest absolute Gasteiger partial charge is 0.460 e. The molecule has 14 heteroatoms. The number of benzene rings is 2. The third-order valence-corrected chi connectivity index (χ3v) is 7.76. The topological polar surface area (TPSA) is 102 Å². The lowest BCUT2D eigenvalue weighted by atomic mass is 9.98. The fraction of sp³-hybridized carbons (Fsp3) is 0.333. The van der Waals surface area contributed by atoms with Crippen molar-refractivity contribution in [3.05, 3.63) is 63.9 Å². The second-order valence-electron chi connectivity index (χ2n) is 8.08. The van der Waals surface area contributed by atoms with E-state index >= 15 is 0 Å². The van der Waals surface area contributed by atoms with Gasteiger partial charge in [-0.3, -0.25) is 10.0 Å². The first-order valence-electron chi connectivity index (χ1n) is 10.3. The molecule has 0 spiro atoms. The van der Waals surface area contributed by atoms with E-state index < -0.39 is 44.6 Å². The number of hydrogen-bond donors (Lipinski definition) is 2. The van der Waals surface area contributed by atoms with Gasteiger partial charge in [0.1, 0.15) is 17.0 Å². The highest BCUT2D eigenvalue weighted by Gasteiger charge is 2.36. The van der Waals surface area contributed by atoms with Gasteiger partial charge in [-0.2, -0.15) is 4.37 Å². The summed E-state index contributed by atoms with van der Waals surface area (Å²) in [6.45, 7) is 4.26. The van der Waals surface area contributed by atoms with Crippen LogP contribution in [0.4, 0.5) is 13.9 Å². The van der Waals surface area contributed by atoms with Gasteiger partial charge in [-0.15, -0.1) is 0 Å². The SMILES string of the molecule is CC(C)[C@@H]1COC(Oc2cc(F)c(S(=O)(=O)Nc3ncns3)cc2F)C(c2cc(Cl)cc(Cl)c2)N1. The van der Waals surface area contributed by atoms with E-state index in [1.54, 1.807) is 18.2 Å². The van der Waals surface area contributed by atoms with Crippen LogP contribution in [0.1, 0.15) is 25.5 Å². The number of nitrogens with one attached hydrogen (secondary N) is 2. The van der Waals surface area contributed by atoms with E-state index in [2.05, 4.69) is 14.7 Å². The highest BCUT2D eigenvalue weighted by atomic mass is 35.5. The number of hydrogen-bond acceptors (Lipinski definition) is 8. The maximum Gasteiger partial charge on any atom is 0.266 e. The Morgan fingerprint density at radius 2 is 1.89 bits per heavy atom. The van der Waals surface area contributed by atoms with Crippen LogP contribution in [-0.2, 0) is 14.8 Å². The Bertz CT molecular complexity index is 1290. The molecule has 0 amide bonds. The highest BCUT2D eigenvalue weighted by Crippen LogP contribution is 2.34. The molecule has 0 aliphatic carbocycles. The first-order valence-corrected chi connectivity index (χ1v) is 13.3. The summed E-state index contributed by atoms with van der Waals surface area (Å²) in [4.78, 5) is 2.77. The molecule has 188 valence electrons. The molecule has 1 aromatic heterocycles. The van der Waals surface area contributed by atoms with Gasteiger partial charge < -0.3 is 9.47 Å². The van der Waals surface area contributed by atoms with Crippen molar-refractivity contribution < 1.29 is 26.7 Å². The number of ether oxygens (including phenoxy) is 2. The average Bonchev–Trinajstić information content (AvgIpc) is 3.27. The summed E-state index contributed by atoms with van der Waals surface area (Å²) in [5, 5.41) is 4.07. The molecule has 0 saturated carbocycles. The van der Waals surface area contributed by atoms with Gasteiger partial charge in [-0.1, -0.05) is 37.0 Å². The molecule has 8 nitrogen and oxygen atoms in total. The quantitative estimate of drug-likeness (QED) is 0.415. The molecule has 2 aromatic carbocycles. The van der Waals surface area contributed by atoms with Crippen molar-refractivity contribution in [2.24, 2.45) is 5.92 Å². The summed E-state index contributed by atoms with van der Waals surface area (Å²) < 4.78 is 72.0. The van der Waals surface area contributed by atoms with Gasteiger partial charge in [0.15, 0.2) is 11.6 Å². The normalized spacial score (nSPS) is 20.7. The van der Waals surface area contributed by atoms with Crippen molar-refractivity contribution in [2.75, 3.05) is 11.3 Å². The molecule has 3 aromatic rings. The summed E-state index contributed by atoms with van der Waals surface area (Å²) in [6.07, 6.45) is 0.0394. The van der Waals surface area contributed by atoms with Crippen molar-refractivity contribution >= 4 is 49.9 Å². The smallest absolute Gasteiger partial charge is 0.266 e. The molecule has 1 aliphatic heterocycles. The second kappa shape index (κ2) is 10.5. The molecule has 3 atom stereocenters. The first kappa shape index (κ1) is 26.0. The summed E-state index contributed by atoms with van der Waals surface area (Å²) in [7, 11) is -4.45. The molecule has 1 aliphatic rings. The van der Waals surface area contributed by atoms with Crippen molar-refractivity contribution in [1.82, 2.24) is 14.7 Å². The Hall–Kier alpha value is -2.09. The number of morpholine rings is 1. The molecule has 0 radical (unpaired) electrons. The van der Waals surface area contributed by atoms with Crippen LogP contribution in [0.2, 0.25) is 10.0 Å². The molecule has 1 fully saturated rings. The Balaban J connectivity index is 1.62. The standard InChI is InChI=1S/C21H20Cl2F2N4O4S2/c1-10(2)16-8-32-20(19(28-16)11-3-12(22)5-13(23)4-11)33-17-6-15(25)18(7-14(17)24)35(30,31)29-21-26-9-27-34-21/h3-7,9-10,16,19-20,28H,8H2,1-2H3,(H,26,27,29)/t16-,19?,20?/m0/s1. The van der Waals surface area contributed by atoms with Crippen molar-refractivity contribution in [2.45, 2.75) is 37.1 Å². The molecule has 2 unspecified atom stereocenters. The van der Waals surface area contributed by atoms with Crippen LogP contribution in [0.5, 0.6) is 5.75 Å². The Labute approximate surface area is 214 Å². The van der Waals surface area contributed by atoms with Crippen LogP contribution >= 0.6 is 34.7 Å². The Morgan fingerprint density at radius 1 is 1.17 bits per heavy atom. The fourth-order valence-electron chi connectivity index (χ4n) is 3.47. The molecule has 0 bridgehead atoms. The highest BCUT2D eigenvalue weighted by molar-refractivity contribution is 7.93. The number of aromatic nitrogens is 2. The molecular weight excluding hydrogens is 545 g/mol. The zero-order chi connectivity index (χ0) is 25.3. The van der Waals surface area contributed by atoms with Gasteiger partial charge in [0.2, 0.25) is 11.4 Å².